The van der Waals surface area contributed by atoms with Gasteiger partial charge in [-0.15, -0.1) is 0 Å². The third kappa shape index (κ3) is 3.88. The third-order valence-electron chi connectivity index (χ3n) is 3.74. The van der Waals surface area contributed by atoms with Crippen LogP contribution in [0.5, 0.6) is 0 Å². The minimum absolute atomic E-state index is 0.0599. The van der Waals surface area contributed by atoms with Crippen LogP contribution in [0.3, 0.4) is 0 Å². The number of non-ortho nitro benzene ring substituents is 2. The van der Waals surface area contributed by atoms with Crippen LogP contribution in [0, 0.1) is 31.6 Å². The largest absolute Gasteiger partial charge is 0.457 e. The van der Waals surface area contributed by atoms with E-state index < -0.39 is 9.85 Å². The summed E-state index contributed by atoms with van der Waals surface area (Å²) in [5, 5.41) is 31.2. The Hall–Kier alpha value is -4.25. The van der Waals surface area contributed by atoms with Crippen molar-refractivity contribution in [2.75, 3.05) is 0 Å². The summed E-state index contributed by atoms with van der Waals surface area (Å²) in [5.74, 6) is 0.751. The van der Waals surface area contributed by atoms with E-state index >= 15 is 0 Å². The summed E-state index contributed by atoms with van der Waals surface area (Å²) in [6.07, 6.45) is 1.46. The molecule has 0 aliphatic carbocycles. The standard InChI is InChI=1S/C19H11N3O5/c20-12-15(13-3-1-5-16(9-13)21(23)24)11-18-7-8-19(27-18)14-4-2-6-17(10-14)22(25)26/h1-11H/b15-11+. The monoisotopic (exact) mass is 361 g/mol. The Morgan fingerprint density at radius 3 is 2.30 bits per heavy atom. The molecule has 1 aromatic heterocycles. The Labute approximate surface area is 152 Å². The minimum Gasteiger partial charge on any atom is -0.457 e. The van der Waals surface area contributed by atoms with E-state index in [2.05, 4.69) is 0 Å². The molecule has 0 fully saturated rings. The zero-order valence-corrected chi connectivity index (χ0v) is 13.7. The van der Waals surface area contributed by atoms with Gasteiger partial charge in [-0.2, -0.15) is 5.26 Å². The highest BCUT2D eigenvalue weighted by Gasteiger charge is 2.12. The van der Waals surface area contributed by atoms with Gasteiger partial charge in [-0.3, -0.25) is 20.2 Å². The number of benzene rings is 2. The second-order valence-corrected chi connectivity index (χ2v) is 5.49. The molecule has 8 nitrogen and oxygen atoms in total. The molecule has 0 bridgehead atoms. The molecule has 0 saturated carbocycles. The molecule has 132 valence electrons. The number of nitrogens with zero attached hydrogens (tertiary/aromatic N) is 3. The van der Waals surface area contributed by atoms with Crippen LogP contribution in [-0.2, 0) is 0 Å². The number of nitriles is 1. The molecule has 2 aromatic carbocycles. The highest BCUT2D eigenvalue weighted by molar-refractivity contribution is 5.89. The SMILES string of the molecule is N#C/C(=C\c1ccc(-c2cccc([N+](=O)[O-])c2)o1)c1cccc([N+](=O)[O-])c1. The fraction of sp³-hybridized carbons (Fsp3) is 0. The van der Waals surface area contributed by atoms with Crippen molar-refractivity contribution in [2.45, 2.75) is 0 Å². The van der Waals surface area contributed by atoms with Gasteiger partial charge in [0.05, 0.1) is 21.5 Å². The fourth-order valence-electron chi connectivity index (χ4n) is 2.47. The lowest BCUT2D eigenvalue weighted by molar-refractivity contribution is -0.385. The number of furan rings is 1. The third-order valence-corrected chi connectivity index (χ3v) is 3.74. The molecule has 0 unspecified atom stereocenters. The molecule has 0 atom stereocenters. The van der Waals surface area contributed by atoms with E-state index in [0.717, 1.165) is 0 Å². The molecular weight excluding hydrogens is 350 g/mol. The molecule has 3 aromatic rings. The number of nitro groups is 2. The van der Waals surface area contributed by atoms with E-state index in [1.165, 1.54) is 36.4 Å². The molecule has 0 amide bonds. The predicted octanol–water partition coefficient (Wildman–Crippen LogP) is 4.83. The first-order valence-corrected chi connectivity index (χ1v) is 7.69. The zero-order chi connectivity index (χ0) is 19.4. The van der Waals surface area contributed by atoms with Crippen molar-refractivity contribution in [2.24, 2.45) is 0 Å². The van der Waals surface area contributed by atoms with Crippen LogP contribution < -0.4 is 0 Å². The number of allylic oxidation sites excluding steroid dienone is 1. The van der Waals surface area contributed by atoms with Gasteiger partial charge in [-0.25, -0.2) is 0 Å². The predicted molar refractivity (Wildman–Crippen MR) is 97.4 cm³/mol. The van der Waals surface area contributed by atoms with E-state index in [4.69, 9.17) is 4.42 Å². The summed E-state index contributed by atoms with van der Waals surface area (Å²) >= 11 is 0. The van der Waals surface area contributed by atoms with Crippen LogP contribution in [0.2, 0.25) is 0 Å². The first-order chi connectivity index (χ1) is 13.0. The van der Waals surface area contributed by atoms with Gasteiger partial charge < -0.3 is 4.42 Å². The molecule has 27 heavy (non-hydrogen) atoms. The first-order valence-electron chi connectivity index (χ1n) is 7.69. The molecule has 8 heteroatoms. The van der Waals surface area contributed by atoms with Crippen molar-refractivity contribution < 1.29 is 14.3 Å². The lowest BCUT2D eigenvalue weighted by Crippen LogP contribution is -1.89. The Morgan fingerprint density at radius 1 is 0.963 bits per heavy atom. The van der Waals surface area contributed by atoms with Gasteiger partial charge in [0.1, 0.15) is 11.5 Å². The normalized spacial score (nSPS) is 11.0. The lowest BCUT2D eigenvalue weighted by atomic mass is 10.1. The minimum atomic E-state index is -0.536. The van der Waals surface area contributed by atoms with Crippen molar-refractivity contribution in [1.29, 1.82) is 5.26 Å². The fourth-order valence-corrected chi connectivity index (χ4v) is 2.47. The zero-order valence-electron chi connectivity index (χ0n) is 13.7. The molecule has 0 aliphatic rings. The number of nitro benzene ring substituents is 2. The van der Waals surface area contributed by atoms with Gasteiger partial charge >= 0.3 is 0 Å². The van der Waals surface area contributed by atoms with Crippen LogP contribution in [0.25, 0.3) is 23.0 Å². The van der Waals surface area contributed by atoms with Crippen LogP contribution >= 0.6 is 0 Å². The lowest BCUT2D eigenvalue weighted by Gasteiger charge is -1.99. The Morgan fingerprint density at radius 2 is 1.63 bits per heavy atom. The summed E-state index contributed by atoms with van der Waals surface area (Å²) in [7, 11) is 0. The second kappa shape index (κ2) is 7.33. The molecule has 0 radical (unpaired) electrons. The average Bonchev–Trinajstić information content (AvgIpc) is 3.15. The molecular formula is C19H11N3O5. The summed E-state index contributed by atoms with van der Waals surface area (Å²) in [6.45, 7) is 0. The average molecular weight is 361 g/mol. The smallest absolute Gasteiger partial charge is 0.270 e. The summed E-state index contributed by atoms with van der Waals surface area (Å²) in [5.41, 5.74) is 0.928. The van der Waals surface area contributed by atoms with Gasteiger partial charge in [0.2, 0.25) is 0 Å². The maximum atomic E-state index is 10.9. The maximum absolute atomic E-state index is 10.9. The van der Waals surface area contributed by atoms with E-state index in [-0.39, 0.29) is 16.9 Å². The molecule has 0 saturated heterocycles. The number of rotatable bonds is 5. The van der Waals surface area contributed by atoms with Crippen LogP contribution in [0.1, 0.15) is 11.3 Å². The van der Waals surface area contributed by atoms with E-state index in [1.54, 1.807) is 30.3 Å². The van der Waals surface area contributed by atoms with E-state index in [1.807, 2.05) is 6.07 Å². The molecule has 0 spiro atoms. The number of hydrogen-bond acceptors (Lipinski definition) is 6. The van der Waals surface area contributed by atoms with Crippen molar-refractivity contribution in [3.8, 4) is 17.4 Å². The van der Waals surface area contributed by atoms with Gasteiger partial charge in [-0.1, -0.05) is 24.3 Å². The summed E-state index contributed by atoms with van der Waals surface area (Å²) < 4.78 is 5.65. The second-order valence-electron chi connectivity index (χ2n) is 5.49. The van der Waals surface area contributed by atoms with E-state index in [9.17, 15) is 25.5 Å². The molecule has 0 aliphatic heterocycles. The Bertz CT molecular complexity index is 1110. The van der Waals surface area contributed by atoms with Crippen LogP contribution in [0.4, 0.5) is 11.4 Å². The van der Waals surface area contributed by atoms with Crippen molar-refractivity contribution >= 4 is 23.0 Å². The highest BCUT2D eigenvalue weighted by atomic mass is 16.6. The van der Waals surface area contributed by atoms with Crippen LogP contribution in [0.15, 0.2) is 65.1 Å². The van der Waals surface area contributed by atoms with Crippen molar-refractivity contribution in [3.63, 3.8) is 0 Å². The summed E-state index contributed by atoms with van der Waals surface area (Å²) in [4.78, 5) is 20.7. The Kier molecular flexibility index (Phi) is 4.77. The van der Waals surface area contributed by atoms with E-state index in [0.29, 0.717) is 22.6 Å². The quantitative estimate of drug-likeness (QED) is 0.364. The highest BCUT2D eigenvalue weighted by Crippen LogP contribution is 2.28. The van der Waals surface area contributed by atoms with Gasteiger partial charge in [0.25, 0.3) is 11.4 Å². The summed E-state index contributed by atoms with van der Waals surface area (Å²) in [6, 6.07) is 17.0. The van der Waals surface area contributed by atoms with Crippen molar-refractivity contribution in [3.05, 3.63) is 92.2 Å². The van der Waals surface area contributed by atoms with Crippen LogP contribution in [-0.4, -0.2) is 9.85 Å². The molecule has 0 N–H and O–H groups in total. The van der Waals surface area contributed by atoms with Gasteiger partial charge in [0, 0.05) is 29.8 Å². The number of hydrogen-bond donors (Lipinski definition) is 0. The first kappa shape index (κ1) is 17.6. The van der Waals surface area contributed by atoms with Gasteiger partial charge in [0.15, 0.2) is 0 Å². The molecule has 1 heterocycles. The maximum Gasteiger partial charge on any atom is 0.270 e. The Balaban J connectivity index is 1.95. The van der Waals surface area contributed by atoms with Crippen molar-refractivity contribution in [1.82, 2.24) is 0 Å². The van der Waals surface area contributed by atoms with Gasteiger partial charge in [-0.05, 0) is 23.8 Å². The molecule has 3 rings (SSSR count). The topological polar surface area (TPSA) is 123 Å².